The normalized spacial score (nSPS) is 22.5. The van der Waals surface area contributed by atoms with E-state index in [2.05, 4.69) is 4.72 Å². The molecule has 0 aliphatic heterocycles. The van der Waals surface area contributed by atoms with E-state index >= 15 is 0 Å². The van der Waals surface area contributed by atoms with Gasteiger partial charge < -0.3 is 9.67 Å². The lowest BCUT2D eigenvalue weighted by Gasteiger charge is -2.30. The highest BCUT2D eigenvalue weighted by Crippen LogP contribution is 2.37. The van der Waals surface area contributed by atoms with E-state index in [0.717, 1.165) is 6.07 Å². The molecule has 24 heavy (non-hydrogen) atoms. The Bertz CT molecular complexity index is 712. The van der Waals surface area contributed by atoms with Crippen LogP contribution in [0, 0.1) is 5.92 Å². The van der Waals surface area contributed by atoms with Gasteiger partial charge in [0.05, 0.1) is 5.92 Å². The monoisotopic (exact) mass is 368 g/mol. The molecule has 2 atom stereocenters. The quantitative estimate of drug-likeness (QED) is 0.836. The first kappa shape index (κ1) is 18.8. The smallest absolute Gasteiger partial charge is 0.391 e. The number of alkyl halides is 3. The molecule has 1 saturated carbocycles. The molecule has 2 rings (SSSR count). The van der Waals surface area contributed by atoms with Gasteiger partial charge in [0.1, 0.15) is 10.6 Å². The predicted octanol–water partition coefficient (Wildman–Crippen LogP) is 2.61. The van der Waals surface area contributed by atoms with Gasteiger partial charge >= 0.3 is 12.1 Å². The lowest BCUT2D eigenvalue weighted by atomic mass is 9.86. The van der Waals surface area contributed by atoms with E-state index in [9.17, 15) is 26.4 Å². The van der Waals surface area contributed by atoms with E-state index in [4.69, 9.17) is 5.11 Å². The van der Waals surface area contributed by atoms with Gasteiger partial charge in [0, 0.05) is 18.8 Å². The minimum atomic E-state index is -4.34. The van der Waals surface area contributed by atoms with Crippen molar-refractivity contribution in [3.8, 4) is 0 Å². The molecule has 2 N–H and O–H groups in total. The van der Waals surface area contributed by atoms with Crippen LogP contribution >= 0.6 is 0 Å². The molecule has 10 heteroatoms. The van der Waals surface area contributed by atoms with Crippen LogP contribution in [0.15, 0.2) is 17.2 Å². The van der Waals surface area contributed by atoms with E-state index in [1.165, 1.54) is 10.8 Å². The largest absolute Gasteiger partial charge is 0.477 e. The van der Waals surface area contributed by atoms with Crippen LogP contribution < -0.4 is 4.72 Å². The van der Waals surface area contributed by atoms with E-state index in [-0.39, 0.29) is 36.4 Å². The molecule has 0 spiro atoms. The average Bonchev–Trinajstić information content (AvgIpc) is 2.91. The number of carboxylic acids is 1. The number of halogens is 3. The molecule has 6 nitrogen and oxygen atoms in total. The zero-order valence-corrected chi connectivity index (χ0v) is 13.8. The van der Waals surface area contributed by atoms with E-state index < -0.39 is 34.1 Å². The molecule has 1 aliphatic rings. The number of aryl methyl sites for hydroxylation is 1. The first-order valence-corrected chi connectivity index (χ1v) is 9.05. The molecule has 0 bridgehead atoms. The lowest BCUT2D eigenvalue weighted by molar-refractivity contribution is -0.183. The highest BCUT2D eigenvalue weighted by Gasteiger charge is 2.43. The first-order valence-electron chi connectivity index (χ1n) is 7.57. The Hall–Kier alpha value is -1.55. The van der Waals surface area contributed by atoms with Crippen molar-refractivity contribution in [2.45, 2.75) is 56.3 Å². The maximum Gasteiger partial charge on any atom is 0.391 e. The molecule has 1 aromatic rings. The number of hydrogen-bond donors (Lipinski definition) is 2. The number of carboxylic acid groups (broad SMARTS) is 1. The highest BCUT2D eigenvalue weighted by molar-refractivity contribution is 7.89. The Labute approximate surface area is 137 Å². The molecule has 1 aliphatic carbocycles. The zero-order valence-electron chi connectivity index (χ0n) is 13.0. The summed E-state index contributed by atoms with van der Waals surface area (Å²) in [6.07, 6.45) is -2.86. The zero-order chi connectivity index (χ0) is 18.1. The molecule has 0 radical (unpaired) electrons. The highest BCUT2D eigenvalue weighted by atomic mass is 32.2. The fourth-order valence-electron chi connectivity index (χ4n) is 2.95. The summed E-state index contributed by atoms with van der Waals surface area (Å²) in [5.74, 6) is -2.79. The summed E-state index contributed by atoms with van der Waals surface area (Å²) in [5.41, 5.74) is -0.185. The molecule has 0 saturated heterocycles. The molecule has 136 valence electrons. The minimum Gasteiger partial charge on any atom is -0.477 e. The van der Waals surface area contributed by atoms with Gasteiger partial charge in [0.15, 0.2) is 0 Å². The summed E-state index contributed by atoms with van der Waals surface area (Å²) in [5, 5.41) is 9.06. The summed E-state index contributed by atoms with van der Waals surface area (Å²) in [6.45, 7) is 1.92. The van der Waals surface area contributed by atoms with Gasteiger partial charge in [-0.15, -0.1) is 0 Å². The number of nitrogens with zero attached hydrogens (tertiary/aromatic N) is 1. The third-order valence-corrected chi connectivity index (χ3v) is 5.69. The Morgan fingerprint density at radius 1 is 1.42 bits per heavy atom. The number of carbonyl (C=O) groups is 1. The number of aromatic carboxylic acids is 1. The molecule has 0 amide bonds. The summed E-state index contributed by atoms with van der Waals surface area (Å²) >= 11 is 0. The van der Waals surface area contributed by atoms with Crippen molar-refractivity contribution in [3.63, 3.8) is 0 Å². The van der Waals surface area contributed by atoms with Crippen molar-refractivity contribution in [2.75, 3.05) is 0 Å². The van der Waals surface area contributed by atoms with Crippen LogP contribution in [0.3, 0.4) is 0 Å². The topological polar surface area (TPSA) is 88.4 Å². The van der Waals surface area contributed by atoms with Gasteiger partial charge in [-0.3, -0.25) is 0 Å². The molecule has 0 aromatic carbocycles. The standard InChI is InChI=1S/C14H19F3N2O4S/c1-2-19-8-11(7-12(19)13(20)21)24(22,23)18-10-5-3-4-9(6-10)14(15,16)17/h7-10,18H,2-6H2,1H3,(H,20,21)/t9-,10+/m0/s1. The van der Waals surface area contributed by atoms with Crippen molar-refractivity contribution in [1.29, 1.82) is 0 Å². The number of sulfonamides is 1. The fourth-order valence-corrected chi connectivity index (χ4v) is 4.27. The molecule has 0 unspecified atom stereocenters. The number of hydrogen-bond acceptors (Lipinski definition) is 3. The van der Waals surface area contributed by atoms with Crippen molar-refractivity contribution in [1.82, 2.24) is 9.29 Å². The first-order chi connectivity index (χ1) is 11.0. The Morgan fingerprint density at radius 2 is 2.08 bits per heavy atom. The average molecular weight is 368 g/mol. The van der Waals surface area contributed by atoms with Crippen LogP contribution in [0.4, 0.5) is 13.2 Å². The van der Waals surface area contributed by atoms with Gasteiger partial charge in [-0.05, 0) is 32.3 Å². The molecule has 1 heterocycles. The van der Waals surface area contributed by atoms with Gasteiger partial charge in [-0.2, -0.15) is 13.2 Å². The summed E-state index contributed by atoms with van der Waals surface area (Å²) < 4.78 is 66.7. The summed E-state index contributed by atoms with van der Waals surface area (Å²) in [7, 11) is -4.08. The van der Waals surface area contributed by atoms with Crippen molar-refractivity contribution in [3.05, 3.63) is 18.0 Å². The second kappa shape index (κ2) is 6.75. The van der Waals surface area contributed by atoms with Crippen LogP contribution in [0.25, 0.3) is 0 Å². The van der Waals surface area contributed by atoms with E-state index in [1.54, 1.807) is 6.92 Å². The number of nitrogens with one attached hydrogen (secondary N) is 1. The molecule has 1 fully saturated rings. The van der Waals surface area contributed by atoms with Gasteiger partial charge in [0.2, 0.25) is 10.0 Å². The molecular weight excluding hydrogens is 349 g/mol. The van der Waals surface area contributed by atoms with Crippen LogP contribution in [-0.4, -0.2) is 36.3 Å². The van der Waals surface area contributed by atoms with E-state index in [1.807, 2.05) is 0 Å². The van der Waals surface area contributed by atoms with Crippen molar-refractivity contribution >= 4 is 16.0 Å². The van der Waals surface area contributed by atoms with Crippen LogP contribution in [0.1, 0.15) is 43.1 Å². The van der Waals surface area contributed by atoms with Crippen LogP contribution in [-0.2, 0) is 16.6 Å². The fraction of sp³-hybridized carbons (Fsp3) is 0.643. The van der Waals surface area contributed by atoms with Gasteiger partial charge in [-0.25, -0.2) is 17.9 Å². The third kappa shape index (κ3) is 4.10. The minimum absolute atomic E-state index is 0.00288. The van der Waals surface area contributed by atoms with E-state index in [0.29, 0.717) is 6.42 Å². The Kier molecular flexibility index (Phi) is 5.28. The third-order valence-electron chi connectivity index (χ3n) is 4.20. The maximum atomic E-state index is 12.8. The maximum absolute atomic E-state index is 12.8. The van der Waals surface area contributed by atoms with Crippen LogP contribution in [0.5, 0.6) is 0 Å². The molecular formula is C14H19F3N2O4S. The summed E-state index contributed by atoms with van der Waals surface area (Å²) in [6, 6.07) is 0.201. The van der Waals surface area contributed by atoms with Crippen molar-refractivity contribution in [2.24, 2.45) is 5.92 Å². The van der Waals surface area contributed by atoms with Gasteiger partial charge in [-0.1, -0.05) is 6.42 Å². The van der Waals surface area contributed by atoms with Crippen LogP contribution in [0.2, 0.25) is 0 Å². The van der Waals surface area contributed by atoms with Gasteiger partial charge in [0.25, 0.3) is 0 Å². The molecule has 1 aromatic heterocycles. The Morgan fingerprint density at radius 3 is 2.58 bits per heavy atom. The SMILES string of the molecule is CCn1cc(S(=O)(=O)N[C@@H]2CCC[C@H](C(F)(F)F)C2)cc1C(=O)O. The second-order valence-corrected chi connectivity index (χ2v) is 7.59. The number of aromatic nitrogens is 1. The van der Waals surface area contributed by atoms with Crippen molar-refractivity contribution < 1.29 is 31.5 Å². The lowest BCUT2D eigenvalue weighted by Crippen LogP contribution is -2.41. The Balaban J connectivity index is 2.18. The predicted molar refractivity (Wildman–Crippen MR) is 79.2 cm³/mol. The summed E-state index contributed by atoms with van der Waals surface area (Å²) in [4.78, 5) is 10.8. The second-order valence-electron chi connectivity index (χ2n) is 5.88. The number of rotatable bonds is 5.